The molecule has 0 aliphatic carbocycles. The number of anilines is 1. The first-order valence-corrected chi connectivity index (χ1v) is 7.81. The monoisotopic (exact) mass is 335 g/mol. The second kappa shape index (κ2) is 7.71. The molecule has 0 spiro atoms. The van der Waals surface area contributed by atoms with Crippen molar-refractivity contribution in [3.8, 4) is 0 Å². The van der Waals surface area contributed by atoms with E-state index < -0.39 is 11.2 Å². The highest BCUT2D eigenvalue weighted by Crippen LogP contribution is 2.05. The second-order valence-corrected chi connectivity index (χ2v) is 5.68. The first-order chi connectivity index (χ1) is 11.4. The van der Waals surface area contributed by atoms with Gasteiger partial charge in [-0.3, -0.25) is 19.1 Å². The van der Waals surface area contributed by atoms with Crippen molar-refractivity contribution in [1.29, 1.82) is 0 Å². The Balaban J connectivity index is 2.21. The van der Waals surface area contributed by atoms with Gasteiger partial charge in [0.25, 0.3) is 5.56 Å². The minimum atomic E-state index is -0.502. The summed E-state index contributed by atoms with van der Waals surface area (Å²) in [6.45, 7) is 6.52. The van der Waals surface area contributed by atoms with Gasteiger partial charge < -0.3 is 10.1 Å². The minimum Gasteiger partial charge on any atom is -0.466 e. The summed E-state index contributed by atoms with van der Waals surface area (Å²) >= 11 is 0. The summed E-state index contributed by atoms with van der Waals surface area (Å²) in [5.74, 6) is 0.0604. The maximum Gasteiger partial charge on any atom is 0.330 e. The summed E-state index contributed by atoms with van der Waals surface area (Å²) in [6.07, 6.45) is 1.53. The number of carbonyl (C=O) groups excluding carboxylic acids is 1. The fourth-order valence-electron chi connectivity index (χ4n) is 2.17. The molecule has 0 aliphatic heterocycles. The van der Waals surface area contributed by atoms with Crippen molar-refractivity contribution < 1.29 is 9.53 Å². The third-order valence-electron chi connectivity index (χ3n) is 3.20. The van der Waals surface area contributed by atoms with E-state index in [9.17, 15) is 14.4 Å². The number of carbonyl (C=O) groups is 1. The number of esters is 1. The Morgan fingerprint density at radius 3 is 2.83 bits per heavy atom. The highest BCUT2D eigenvalue weighted by molar-refractivity contribution is 5.73. The van der Waals surface area contributed by atoms with Crippen molar-refractivity contribution in [3.05, 3.63) is 27.0 Å². The molecule has 0 amide bonds. The van der Waals surface area contributed by atoms with E-state index >= 15 is 0 Å². The highest BCUT2D eigenvalue weighted by atomic mass is 16.5. The van der Waals surface area contributed by atoms with Gasteiger partial charge >= 0.3 is 11.7 Å². The number of nitrogens with one attached hydrogen (secondary N) is 2. The molecule has 24 heavy (non-hydrogen) atoms. The van der Waals surface area contributed by atoms with Crippen LogP contribution in [-0.4, -0.2) is 38.6 Å². The normalized spacial score (nSPS) is 11.0. The van der Waals surface area contributed by atoms with Gasteiger partial charge in [-0.15, -0.1) is 0 Å². The van der Waals surface area contributed by atoms with E-state index in [2.05, 4.69) is 20.3 Å². The van der Waals surface area contributed by atoms with Crippen LogP contribution >= 0.6 is 0 Å². The van der Waals surface area contributed by atoms with E-state index in [1.807, 2.05) is 13.8 Å². The molecular weight excluding hydrogens is 314 g/mol. The minimum absolute atomic E-state index is 0.158. The number of hydrogen-bond donors (Lipinski definition) is 2. The smallest absolute Gasteiger partial charge is 0.330 e. The molecule has 0 atom stereocenters. The molecule has 2 aromatic heterocycles. The van der Waals surface area contributed by atoms with Crippen LogP contribution in [0.5, 0.6) is 0 Å². The summed E-state index contributed by atoms with van der Waals surface area (Å²) in [5, 5.41) is 3.10. The average Bonchev–Trinajstić information content (AvgIpc) is 2.51. The Labute approximate surface area is 138 Å². The van der Waals surface area contributed by atoms with Crippen LogP contribution in [0.1, 0.15) is 27.2 Å². The van der Waals surface area contributed by atoms with E-state index in [0.29, 0.717) is 19.7 Å². The Morgan fingerprint density at radius 1 is 1.42 bits per heavy atom. The van der Waals surface area contributed by atoms with E-state index in [1.165, 1.54) is 6.20 Å². The van der Waals surface area contributed by atoms with E-state index in [0.717, 1.165) is 4.57 Å². The summed E-state index contributed by atoms with van der Waals surface area (Å²) < 4.78 is 5.96. The maximum atomic E-state index is 12.4. The van der Waals surface area contributed by atoms with Crippen molar-refractivity contribution in [2.75, 3.05) is 18.5 Å². The quantitative estimate of drug-likeness (QED) is 0.707. The molecule has 0 saturated carbocycles. The number of ether oxygens (including phenoxy) is 1. The third-order valence-corrected chi connectivity index (χ3v) is 3.20. The maximum absolute atomic E-state index is 12.4. The third kappa shape index (κ3) is 4.18. The van der Waals surface area contributed by atoms with Crippen molar-refractivity contribution in [3.63, 3.8) is 0 Å². The van der Waals surface area contributed by atoms with Crippen LogP contribution < -0.4 is 16.6 Å². The molecule has 9 heteroatoms. The summed E-state index contributed by atoms with van der Waals surface area (Å²) in [6, 6.07) is 0. The topological polar surface area (TPSA) is 119 Å². The van der Waals surface area contributed by atoms with Gasteiger partial charge in [0.2, 0.25) is 5.95 Å². The molecule has 2 rings (SSSR count). The van der Waals surface area contributed by atoms with Gasteiger partial charge in [-0.25, -0.2) is 9.78 Å². The lowest BCUT2D eigenvalue weighted by Gasteiger charge is -2.09. The molecule has 9 nitrogen and oxygen atoms in total. The zero-order valence-electron chi connectivity index (χ0n) is 14.0. The molecule has 0 radical (unpaired) electrons. The SMILES string of the molecule is CCOC(=O)CCNc1ncc2c(=O)n(CC(C)C)c(=O)[nH]c2n1. The van der Waals surface area contributed by atoms with Crippen molar-refractivity contribution in [2.24, 2.45) is 5.92 Å². The van der Waals surface area contributed by atoms with Gasteiger partial charge in [-0.2, -0.15) is 4.98 Å². The van der Waals surface area contributed by atoms with Crippen LogP contribution in [0.2, 0.25) is 0 Å². The van der Waals surface area contributed by atoms with Gasteiger partial charge in [-0.05, 0) is 12.8 Å². The lowest BCUT2D eigenvalue weighted by atomic mass is 10.2. The Hall–Kier alpha value is -2.71. The number of H-pyrrole nitrogens is 1. The average molecular weight is 335 g/mol. The van der Waals surface area contributed by atoms with Crippen molar-refractivity contribution in [1.82, 2.24) is 19.5 Å². The van der Waals surface area contributed by atoms with Crippen LogP contribution in [0.15, 0.2) is 15.8 Å². The highest BCUT2D eigenvalue weighted by Gasteiger charge is 2.11. The lowest BCUT2D eigenvalue weighted by molar-refractivity contribution is -0.142. The van der Waals surface area contributed by atoms with Crippen LogP contribution in [0, 0.1) is 5.92 Å². The van der Waals surface area contributed by atoms with E-state index in [-0.39, 0.29) is 35.3 Å². The van der Waals surface area contributed by atoms with Crippen LogP contribution in [0.4, 0.5) is 5.95 Å². The van der Waals surface area contributed by atoms with Crippen LogP contribution in [0.25, 0.3) is 11.0 Å². The first-order valence-electron chi connectivity index (χ1n) is 7.81. The number of rotatable bonds is 7. The zero-order valence-corrected chi connectivity index (χ0v) is 14.0. The van der Waals surface area contributed by atoms with Gasteiger partial charge in [0.05, 0.1) is 13.0 Å². The fraction of sp³-hybridized carbons (Fsp3) is 0.533. The molecule has 2 heterocycles. The number of hydrogen-bond acceptors (Lipinski definition) is 7. The predicted octanol–water partition coefficient (Wildman–Crippen LogP) is 0.501. The summed E-state index contributed by atoms with van der Waals surface area (Å²) in [5.41, 5.74) is -0.753. The van der Waals surface area contributed by atoms with E-state index in [1.54, 1.807) is 6.92 Å². The summed E-state index contributed by atoms with van der Waals surface area (Å²) in [4.78, 5) is 46.4. The standard InChI is InChI=1S/C15H21N5O4/c1-4-24-11(21)5-6-16-14-17-7-10-12(18-14)19-15(23)20(13(10)22)8-9(2)3/h7,9H,4-6,8H2,1-3H3,(H2,16,17,18,19,23). The van der Waals surface area contributed by atoms with Gasteiger partial charge in [0.15, 0.2) is 5.65 Å². The lowest BCUT2D eigenvalue weighted by Crippen LogP contribution is -2.36. The molecule has 0 aromatic carbocycles. The molecule has 0 saturated heterocycles. The Bertz CT molecular complexity index is 840. The molecule has 130 valence electrons. The van der Waals surface area contributed by atoms with Crippen molar-refractivity contribution >= 4 is 23.0 Å². The first kappa shape index (κ1) is 17.6. The molecular formula is C15H21N5O4. The van der Waals surface area contributed by atoms with Crippen molar-refractivity contribution in [2.45, 2.75) is 33.7 Å². The molecule has 0 fully saturated rings. The number of fused-ring (bicyclic) bond motifs is 1. The fourth-order valence-corrected chi connectivity index (χ4v) is 2.17. The number of aromatic amines is 1. The molecule has 0 bridgehead atoms. The molecule has 2 N–H and O–H groups in total. The summed E-state index contributed by atoms with van der Waals surface area (Å²) in [7, 11) is 0. The molecule has 2 aromatic rings. The van der Waals surface area contributed by atoms with Crippen LogP contribution in [0.3, 0.4) is 0 Å². The Morgan fingerprint density at radius 2 is 2.17 bits per heavy atom. The number of aromatic nitrogens is 4. The molecule has 0 unspecified atom stereocenters. The van der Waals surface area contributed by atoms with Crippen LogP contribution in [-0.2, 0) is 16.1 Å². The van der Waals surface area contributed by atoms with Gasteiger partial charge in [0, 0.05) is 19.3 Å². The number of nitrogens with zero attached hydrogens (tertiary/aromatic N) is 3. The molecule has 0 aliphatic rings. The van der Waals surface area contributed by atoms with Gasteiger partial charge in [-0.1, -0.05) is 13.8 Å². The largest absolute Gasteiger partial charge is 0.466 e. The Kier molecular flexibility index (Phi) is 5.67. The second-order valence-electron chi connectivity index (χ2n) is 5.68. The predicted molar refractivity (Wildman–Crippen MR) is 89.0 cm³/mol. The van der Waals surface area contributed by atoms with Gasteiger partial charge in [0.1, 0.15) is 5.39 Å². The zero-order chi connectivity index (χ0) is 17.7. The van der Waals surface area contributed by atoms with E-state index in [4.69, 9.17) is 4.74 Å².